The van der Waals surface area contributed by atoms with E-state index in [9.17, 15) is 14.7 Å². The SMILES string of the molecule is Cn1c(=O)c2c(nc(NN)n2C[C@H](O)c2ccccc2)n(C)c1=O. The minimum atomic E-state index is -0.863. The Bertz CT molecular complexity index is 1000. The van der Waals surface area contributed by atoms with Gasteiger partial charge in [-0.05, 0) is 5.56 Å². The number of aromatic nitrogens is 4. The number of nitrogen functional groups attached to an aromatic ring is 1. The zero-order chi connectivity index (χ0) is 17.4. The number of imidazole rings is 1. The number of benzene rings is 1. The minimum absolute atomic E-state index is 0.0630. The molecule has 0 saturated heterocycles. The summed E-state index contributed by atoms with van der Waals surface area (Å²) in [6, 6.07) is 9.05. The Morgan fingerprint density at radius 1 is 1.21 bits per heavy atom. The van der Waals surface area contributed by atoms with E-state index in [1.54, 1.807) is 12.1 Å². The van der Waals surface area contributed by atoms with Crippen LogP contribution in [0.1, 0.15) is 11.7 Å². The molecule has 0 aliphatic rings. The first-order chi connectivity index (χ1) is 11.5. The van der Waals surface area contributed by atoms with Crippen LogP contribution in [0.15, 0.2) is 39.9 Å². The van der Waals surface area contributed by atoms with Crippen molar-refractivity contribution < 1.29 is 5.11 Å². The Morgan fingerprint density at radius 2 is 1.88 bits per heavy atom. The van der Waals surface area contributed by atoms with Crippen molar-refractivity contribution in [3.63, 3.8) is 0 Å². The Hall–Kier alpha value is -2.91. The first-order valence-electron chi connectivity index (χ1n) is 7.31. The number of aliphatic hydroxyl groups excluding tert-OH is 1. The largest absolute Gasteiger partial charge is 0.387 e. The zero-order valence-corrected chi connectivity index (χ0v) is 13.3. The number of anilines is 1. The highest BCUT2D eigenvalue weighted by Gasteiger charge is 2.21. The average molecular weight is 330 g/mol. The van der Waals surface area contributed by atoms with Crippen molar-refractivity contribution in [2.75, 3.05) is 5.43 Å². The molecule has 126 valence electrons. The lowest BCUT2D eigenvalue weighted by Gasteiger charge is -2.14. The molecule has 3 aromatic rings. The maximum absolute atomic E-state index is 12.5. The third kappa shape index (κ3) is 2.39. The van der Waals surface area contributed by atoms with Crippen LogP contribution in [-0.4, -0.2) is 23.8 Å². The van der Waals surface area contributed by atoms with Gasteiger partial charge in [-0.1, -0.05) is 30.3 Å². The van der Waals surface area contributed by atoms with Crippen molar-refractivity contribution >= 4 is 17.1 Å². The smallest absolute Gasteiger partial charge is 0.332 e. The lowest BCUT2D eigenvalue weighted by atomic mass is 10.1. The summed E-state index contributed by atoms with van der Waals surface area (Å²) >= 11 is 0. The van der Waals surface area contributed by atoms with E-state index in [1.807, 2.05) is 18.2 Å². The highest BCUT2D eigenvalue weighted by molar-refractivity contribution is 5.74. The summed E-state index contributed by atoms with van der Waals surface area (Å²) < 4.78 is 3.74. The van der Waals surface area contributed by atoms with E-state index in [4.69, 9.17) is 5.84 Å². The van der Waals surface area contributed by atoms with Crippen LogP contribution in [0.3, 0.4) is 0 Å². The minimum Gasteiger partial charge on any atom is -0.387 e. The topological polar surface area (TPSA) is 120 Å². The van der Waals surface area contributed by atoms with Crippen molar-refractivity contribution in [1.29, 1.82) is 0 Å². The molecule has 1 aromatic carbocycles. The zero-order valence-electron chi connectivity index (χ0n) is 13.3. The maximum atomic E-state index is 12.5. The second-order valence-electron chi connectivity index (χ2n) is 5.49. The van der Waals surface area contributed by atoms with Gasteiger partial charge >= 0.3 is 5.69 Å². The molecule has 9 heteroatoms. The summed E-state index contributed by atoms with van der Waals surface area (Å²) in [7, 11) is 2.92. The van der Waals surface area contributed by atoms with Crippen LogP contribution in [0, 0.1) is 0 Å². The van der Waals surface area contributed by atoms with E-state index in [2.05, 4.69) is 10.4 Å². The van der Waals surface area contributed by atoms with Crippen LogP contribution in [0.25, 0.3) is 11.2 Å². The van der Waals surface area contributed by atoms with E-state index >= 15 is 0 Å². The van der Waals surface area contributed by atoms with E-state index in [-0.39, 0.29) is 23.7 Å². The van der Waals surface area contributed by atoms with Gasteiger partial charge < -0.3 is 9.67 Å². The standard InChI is InChI=1S/C15H18N6O3/c1-19-12-11(13(23)20(2)15(19)24)21(14(17-12)18-16)8-10(22)9-6-4-3-5-7-9/h3-7,10,22H,8,16H2,1-2H3,(H,17,18)/t10-/m0/s1. The molecule has 0 aliphatic heterocycles. The molecule has 0 unspecified atom stereocenters. The maximum Gasteiger partial charge on any atom is 0.332 e. The predicted octanol–water partition coefficient (Wildman–Crippen LogP) is -0.547. The number of fused-ring (bicyclic) bond motifs is 1. The lowest BCUT2D eigenvalue weighted by Crippen LogP contribution is -2.37. The molecule has 4 N–H and O–H groups in total. The van der Waals surface area contributed by atoms with Gasteiger partial charge in [0.05, 0.1) is 12.6 Å². The normalized spacial score (nSPS) is 12.5. The molecule has 0 saturated carbocycles. The Balaban J connectivity index is 2.20. The molecule has 1 atom stereocenters. The quantitative estimate of drug-likeness (QED) is 0.436. The number of nitrogens with one attached hydrogen (secondary N) is 1. The average Bonchev–Trinajstić information content (AvgIpc) is 2.97. The summed E-state index contributed by atoms with van der Waals surface area (Å²) in [6.45, 7) is 0.0630. The molecule has 0 aliphatic carbocycles. The Morgan fingerprint density at radius 3 is 2.50 bits per heavy atom. The highest BCUT2D eigenvalue weighted by Crippen LogP contribution is 2.21. The molecule has 3 rings (SSSR count). The van der Waals surface area contributed by atoms with Gasteiger partial charge in [0, 0.05) is 14.1 Å². The summed E-state index contributed by atoms with van der Waals surface area (Å²) in [4.78, 5) is 28.7. The molecule has 0 radical (unpaired) electrons. The molecular weight excluding hydrogens is 312 g/mol. The van der Waals surface area contributed by atoms with Gasteiger partial charge in [0.25, 0.3) is 5.56 Å². The summed E-state index contributed by atoms with van der Waals surface area (Å²) in [6.07, 6.45) is -0.863. The molecular formula is C15H18N6O3. The summed E-state index contributed by atoms with van der Waals surface area (Å²) in [5.41, 5.74) is 2.53. The van der Waals surface area contributed by atoms with Crippen molar-refractivity contribution in [2.45, 2.75) is 12.6 Å². The van der Waals surface area contributed by atoms with E-state index in [0.717, 1.165) is 4.57 Å². The summed E-state index contributed by atoms with van der Waals surface area (Å²) in [5, 5.41) is 10.5. The number of hydrogen-bond acceptors (Lipinski definition) is 6. The number of aliphatic hydroxyl groups is 1. The third-order valence-electron chi connectivity index (χ3n) is 4.02. The van der Waals surface area contributed by atoms with Crippen LogP contribution in [0.5, 0.6) is 0 Å². The fourth-order valence-corrected chi connectivity index (χ4v) is 2.69. The lowest BCUT2D eigenvalue weighted by molar-refractivity contribution is 0.158. The first kappa shape index (κ1) is 16.0. The number of aryl methyl sites for hydroxylation is 1. The van der Waals surface area contributed by atoms with Gasteiger partial charge in [0.1, 0.15) is 0 Å². The van der Waals surface area contributed by atoms with Crippen molar-refractivity contribution in [3.8, 4) is 0 Å². The molecule has 2 aromatic heterocycles. The van der Waals surface area contributed by atoms with Gasteiger partial charge in [0.15, 0.2) is 11.2 Å². The van der Waals surface area contributed by atoms with E-state index in [0.29, 0.717) is 5.56 Å². The third-order valence-corrected chi connectivity index (χ3v) is 4.02. The highest BCUT2D eigenvalue weighted by atomic mass is 16.3. The predicted molar refractivity (Wildman–Crippen MR) is 89.4 cm³/mol. The molecule has 9 nitrogen and oxygen atoms in total. The van der Waals surface area contributed by atoms with Crippen LogP contribution in [0.4, 0.5) is 5.95 Å². The van der Waals surface area contributed by atoms with Crippen LogP contribution in [-0.2, 0) is 20.6 Å². The van der Waals surface area contributed by atoms with Gasteiger partial charge in [-0.2, -0.15) is 4.98 Å². The molecule has 0 spiro atoms. The van der Waals surface area contributed by atoms with Crippen LogP contribution in [0.2, 0.25) is 0 Å². The monoisotopic (exact) mass is 330 g/mol. The number of nitrogens with two attached hydrogens (primary N) is 1. The fraction of sp³-hybridized carbons (Fsp3) is 0.267. The molecule has 24 heavy (non-hydrogen) atoms. The van der Waals surface area contributed by atoms with Crippen LogP contribution < -0.4 is 22.5 Å². The number of hydrazine groups is 1. The first-order valence-corrected chi connectivity index (χ1v) is 7.31. The number of hydrogen-bond donors (Lipinski definition) is 3. The van der Waals surface area contributed by atoms with E-state index < -0.39 is 17.4 Å². The Kier molecular flexibility index (Phi) is 3.96. The van der Waals surface area contributed by atoms with Crippen LogP contribution >= 0.6 is 0 Å². The van der Waals surface area contributed by atoms with Crippen molar-refractivity contribution in [2.24, 2.45) is 19.9 Å². The number of nitrogens with zero attached hydrogens (tertiary/aromatic N) is 4. The second kappa shape index (κ2) is 5.95. The number of rotatable bonds is 4. The summed E-state index contributed by atoms with van der Waals surface area (Å²) in [5.74, 6) is 5.69. The fourth-order valence-electron chi connectivity index (χ4n) is 2.69. The van der Waals surface area contributed by atoms with Gasteiger partial charge in [-0.25, -0.2) is 10.6 Å². The van der Waals surface area contributed by atoms with Gasteiger partial charge in [0.2, 0.25) is 5.95 Å². The van der Waals surface area contributed by atoms with Gasteiger partial charge in [-0.15, -0.1) is 0 Å². The molecule has 0 amide bonds. The van der Waals surface area contributed by atoms with Crippen molar-refractivity contribution in [1.82, 2.24) is 18.7 Å². The van der Waals surface area contributed by atoms with Crippen molar-refractivity contribution in [3.05, 3.63) is 56.7 Å². The molecule has 2 heterocycles. The van der Waals surface area contributed by atoms with Gasteiger partial charge in [-0.3, -0.25) is 19.4 Å². The molecule has 0 bridgehead atoms. The Labute approximate surface area is 136 Å². The second-order valence-corrected chi connectivity index (χ2v) is 5.49. The van der Waals surface area contributed by atoms with E-state index in [1.165, 1.54) is 23.2 Å². The molecule has 0 fully saturated rings.